The van der Waals surface area contributed by atoms with Crippen molar-refractivity contribution < 1.29 is 9.47 Å². The van der Waals surface area contributed by atoms with Gasteiger partial charge in [-0.15, -0.1) is 0 Å². The highest BCUT2D eigenvalue weighted by molar-refractivity contribution is 5.63. The molecule has 0 aliphatic carbocycles. The van der Waals surface area contributed by atoms with Crippen molar-refractivity contribution in [1.82, 2.24) is 4.57 Å². The van der Waals surface area contributed by atoms with Gasteiger partial charge in [0.05, 0.1) is 13.2 Å². The van der Waals surface area contributed by atoms with Crippen LogP contribution in [0.5, 0.6) is 0 Å². The molecule has 96 valence electrons. The SMILES string of the molecule is COCCOCn1cc(-c2ccccc2)cc1C. The predicted octanol–water partition coefficient (Wildman–Crippen LogP) is 3.08. The first-order chi connectivity index (χ1) is 8.81. The molecule has 1 aromatic carbocycles. The van der Waals surface area contributed by atoms with Gasteiger partial charge in [-0.3, -0.25) is 0 Å². The molecular weight excluding hydrogens is 226 g/mol. The van der Waals surface area contributed by atoms with Gasteiger partial charge in [0.15, 0.2) is 0 Å². The number of aromatic nitrogens is 1. The van der Waals surface area contributed by atoms with E-state index in [1.807, 2.05) is 6.07 Å². The summed E-state index contributed by atoms with van der Waals surface area (Å²) < 4.78 is 12.6. The zero-order valence-corrected chi connectivity index (χ0v) is 10.9. The van der Waals surface area contributed by atoms with Crippen LogP contribution in [0.4, 0.5) is 0 Å². The van der Waals surface area contributed by atoms with Crippen molar-refractivity contribution in [1.29, 1.82) is 0 Å². The fourth-order valence-corrected chi connectivity index (χ4v) is 1.85. The zero-order valence-electron chi connectivity index (χ0n) is 10.9. The number of aryl methyl sites for hydroxylation is 1. The van der Waals surface area contributed by atoms with Crippen LogP contribution in [-0.2, 0) is 16.2 Å². The van der Waals surface area contributed by atoms with E-state index in [0.717, 1.165) is 0 Å². The molecule has 2 rings (SSSR count). The van der Waals surface area contributed by atoms with Gasteiger partial charge in [0.2, 0.25) is 0 Å². The summed E-state index contributed by atoms with van der Waals surface area (Å²) in [6.07, 6.45) is 2.12. The Morgan fingerprint density at radius 1 is 1.06 bits per heavy atom. The molecule has 1 heterocycles. The van der Waals surface area contributed by atoms with E-state index in [1.165, 1.54) is 16.8 Å². The van der Waals surface area contributed by atoms with E-state index in [-0.39, 0.29) is 0 Å². The van der Waals surface area contributed by atoms with Crippen molar-refractivity contribution >= 4 is 0 Å². The third-order valence-electron chi connectivity index (χ3n) is 2.88. The van der Waals surface area contributed by atoms with E-state index in [4.69, 9.17) is 9.47 Å². The summed E-state index contributed by atoms with van der Waals surface area (Å²) in [4.78, 5) is 0. The molecule has 0 saturated heterocycles. The first kappa shape index (κ1) is 12.9. The Morgan fingerprint density at radius 3 is 2.56 bits per heavy atom. The average molecular weight is 245 g/mol. The topological polar surface area (TPSA) is 23.4 Å². The minimum absolute atomic E-state index is 0.571. The fourth-order valence-electron chi connectivity index (χ4n) is 1.85. The summed E-state index contributed by atoms with van der Waals surface area (Å²) >= 11 is 0. The number of ether oxygens (including phenoxy) is 2. The summed E-state index contributed by atoms with van der Waals surface area (Å²) in [6, 6.07) is 12.5. The first-order valence-electron chi connectivity index (χ1n) is 6.10. The highest BCUT2D eigenvalue weighted by atomic mass is 16.5. The van der Waals surface area contributed by atoms with Crippen molar-refractivity contribution in [2.45, 2.75) is 13.7 Å². The van der Waals surface area contributed by atoms with E-state index >= 15 is 0 Å². The number of benzene rings is 1. The van der Waals surface area contributed by atoms with Crippen LogP contribution in [0.15, 0.2) is 42.6 Å². The van der Waals surface area contributed by atoms with Crippen molar-refractivity contribution in [3.05, 3.63) is 48.3 Å². The number of methoxy groups -OCH3 is 1. The van der Waals surface area contributed by atoms with E-state index < -0.39 is 0 Å². The molecule has 0 spiro atoms. The molecule has 3 nitrogen and oxygen atoms in total. The lowest BCUT2D eigenvalue weighted by molar-refractivity contribution is 0.0336. The van der Waals surface area contributed by atoms with Crippen molar-refractivity contribution in [3.63, 3.8) is 0 Å². The molecule has 18 heavy (non-hydrogen) atoms. The van der Waals surface area contributed by atoms with Gasteiger partial charge in [0.25, 0.3) is 0 Å². The van der Waals surface area contributed by atoms with Gasteiger partial charge in [-0.25, -0.2) is 0 Å². The second kappa shape index (κ2) is 6.38. The molecular formula is C15H19NO2. The zero-order chi connectivity index (χ0) is 12.8. The van der Waals surface area contributed by atoms with Gasteiger partial charge >= 0.3 is 0 Å². The van der Waals surface area contributed by atoms with Crippen molar-refractivity contribution in [3.8, 4) is 11.1 Å². The lowest BCUT2D eigenvalue weighted by Crippen LogP contribution is -2.07. The summed E-state index contributed by atoms with van der Waals surface area (Å²) in [5, 5.41) is 0. The molecule has 0 aliphatic heterocycles. The second-order valence-corrected chi connectivity index (χ2v) is 4.24. The van der Waals surface area contributed by atoms with Gasteiger partial charge in [0, 0.05) is 19.0 Å². The van der Waals surface area contributed by atoms with E-state index in [0.29, 0.717) is 19.9 Å². The maximum atomic E-state index is 5.53. The molecule has 0 N–H and O–H groups in total. The molecule has 0 bridgehead atoms. The Bertz CT molecular complexity index is 476. The van der Waals surface area contributed by atoms with Crippen molar-refractivity contribution in [2.24, 2.45) is 0 Å². The molecule has 0 saturated carbocycles. The largest absolute Gasteiger partial charge is 0.382 e. The number of rotatable bonds is 6. The summed E-state index contributed by atoms with van der Waals surface area (Å²) in [5.41, 5.74) is 3.66. The number of hydrogen-bond donors (Lipinski definition) is 0. The van der Waals surface area contributed by atoms with Crippen LogP contribution < -0.4 is 0 Å². The Kier molecular flexibility index (Phi) is 4.56. The van der Waals surface area contributed by atoms with Crippen LogP contribution in [0.25, 0.3) is 11.1 Å². The van der Waals surface area contributed by atoms with Gasteiger partial charge in [-0.2, -0.15) is 0 Å². The van der Waals surface area contributed by atoms with E-state index in [9.17, 15) is 0 Å². The van der Waals surface area contributed by atoms with Crippen LogP contribution in [0.1, 0.15) is 5.69 Å². The minimum Gasteiger partial charge on any atom is -0.382 e. The third-order valence-corrected chi connectivity index (χ3v) is 2.88. The smallest absolute Gasteiger partial charge is 0.122 e. The van der Waals surface area contributed by atoms with Crippen molar-refractivity contribution in [2.75, 3.05) is 20.3 Å². The first-order valence-corrected chi connectivity index (χ1v) is 6.10. The molecule has 0 atom stereocenters. The van der Waals surface area contributed by atoms with Gasteiger partial charge in [-0.1, -0.05) is 30.3 Å². The number of nitrogens with zero attached hydrogens (tertiary/aromatic N) is 1. The normalized spacial score (nSPS) is 10.8. The van der Waals surface area contributed by atoms with Crippen LogP contribution >= 0.6 is 0 Å². The summed E-state index contributed by atoms with van der Waals surface area (Å²) in [6.45, 7) is 3.91. The standard InChI is InChI=1S/C15H19NO2/c1-13-10-15(14-6-4-3-5-7-14)11-16(13)12-18-9-8-17-2/h3-7,10-11H,8-9,12H2,1-2H3. The molecule has 0 aliphatic rings. The maximum absolute atomic E-state index is 5.53. The Labute approximate surface area is 108 Å². The van der Waals surface area contributed by atoms with Crippen LogP contribution in [0.3, 0.4) is 0 Å². The Morgan fingerprint density at radius 2 is 1.83 bits per heavy atom. The molecule has 1 aromatic heterocycles. The molecule has 3 heteroatoms. The van der Waals surface area contributed by atoms with Gasteiger partial charge in [-0.05, 0) is 24.1 Å². The molecule has 0 unspecified atom stereocenters. The average Bonchev–Trinajstić information content (AvgIpc) is 2.77. The summed E-state index contributed by atoms with van der Waals surface area (Å²) in [5.74, 6) is 0. The lowest BCUT2D eigenvalue weighted by Gasteiger charge is -2.06. The fraction of sp³-hybridized carbons (Fsp3) is 0.333. The van der Waals surface area contributed by atoms with E-state index in [1.54, 1.807) is 7.11 Å². The molecule has 2 aromatic rings. The van der Waals surface area contributed by atoms with E-state index in [2.05, 4.69) is 48.0 Å². The monoisotopic (exact) mass is 245 g/mol. The van der Waals surface area contributed by atoms with Crippen LogP contribution in [-0.4, -0.2) is 24.9 Å². The highest BCUT2D eigenvalue weighted by Crippen LogP contribution is 2.21. The second-order valence-electron chi connectivity index (χ2n) is 4.24. The highest BCUT2D eigenvalue weighted by Gasteiger charge is 2.03. The van der Waals surface area contributed by atoms with Crippen LogP contribution in [0.2, 0.25) is 0 Å². The number of hydrogen-bond acceptors (Lipinski definition) is 2. The Hall–Kier alpha value is -1.58. The molecule has 0 radical (unpaired) electrons. The minimum atomic E-state index is 0.571. The maximum Gasteiger partial charge on any atom is 0.122 e. The van der Waals surface area contributed by atoms with Crippen LogP contribution in [0, 0.1) is 6.92 Å². The molecule has 0 amide bonds. The predicted molar refractivity (Wildman–Crippen MR) is 72.4 cm³/mol. The lowest BCUT2D eigenvalue weighted by atomic mass is 10.1. The molecule has 0 fully saturated rings. The summed E-state index contributed by atoms with van der Waals surface area (Å²) in [7, 11) is 1.68. The van der Waals surface area contributed by atoms with Gasteiger partial charge < -0.3 is 14.0 Å². The third kappa shape index (κ3) is 3.22. The Balaban J connectivity index is 2.03. The quantitative estimate of drug-likeness (QED) is 0.730. The van der Waals surface area contributed by atoms with Gasteiger partial charge in [0.1, 0.15) is 6.73 Å².